The summed E-state index contributed by atoms with van der Waals surface area (Å²) in [5.41, 5.74) is -0.334. The van der Waals surface area contributed by atoms with Crippen molar-refractivity contribution in [2.45, 2.75) is 6.54 Å². The molecule has 1 amide bonds. The van der Waals surface area contributed by atoms with Crippen molar-refractivity contribution < 1.29 is 18.8 Å². The van der Waals surface area contributed by atoms with Crippen LogP contribution in [0.1, 0.15) is 15.9 Å². The molecule has 148 valence electrons. The maximum absolute atomic E-state index is 13.4. The summed E-state index contributed by atoms with van der Waals surface area (Å²) in [6, 6.07) is 12.6. The number of amides is 1. The third-order valence-electron chi connectivity index (χ3n) is 4.14. The SMILES string of the molecule is COc1ccc(NC(=O)c2cccn(Cc3cccc(F)c3)c2=O)cc1[N+](=O)[O-]. The maximum Gasteiger partial charge on any atom is 0.312 e. The van der Waals surface area contributed by atoms with E-state index in [1.165, 1.54) is 60.3 Å². The predicted octanol–water partition coefficient (Wildman–Crippen LogP) is 3.20. The van der Waals surface area contributed by atoms with Crippen molar-refractivity contribution in [1.82, 2.24) is 4.57 Å². The van der Waals surface area contributed by atoms with Crippen LogP contribution in [-0.4, -0.2) is 22.5 Å². The number of hydrogen-bond donors (Lipinski definition) is 1. The Labute approximate surface area is 164 Å². The zero-order chi connectivity index (χ0) is 21.0. The summed E-state index contributed by atoms with van der Waals surface area (Å²) < 4.78 is 19.5. The molecule has 0 aliphatic heterocycles. The summed E-state index contributed by atoms with van der Waals surface area (Å²) in [6.07, 6.45) is 1.49. The van der Waals surface area contributed by atoms with E-state index in [4.69, 9.17) is 4.74 Å². The molecule has 3 aromatic rings. The summed E-state index contributed by atoms with van der Waals surface area (Å²) in [5.74, 6) is -1.10. The highest BCUT2D eigenvalue weighted by Crippen LogP contribution is 2.29. The lowest BCUT2D eigenvalue weighted by Crippen LogP contribution is -2.29. The van der Waals surface area contributed by atoms with E-state index in [1.807, 2.05) is 0 Å². The number of benzene rings is 2. The van der Waals surface area contributed by atoms with Crippen molar-refractivity contribution in [3.05, 3.63) is 98.2 Å². The zero-order valence-electron chi connectivity index (χ0n) is 15.3. The number of methoxy groups -OCH3 is 1. The quantitative estimate of drug-likeness (QED) is 0.508. The summed E-state index contributed by atoms with van der Waals surface area (Å²) in [7, 11) is 1.30. The Morgan fingerprint density at radius 3 is 2.69 bits per heavy atom. The molecule has 1 N–H and O–H groups in total. The molecule has 0 aliphatic rings. The van der Waals surface area contributed by atoms with Crippen molar-refractivity contribution in [3.8, 4) is 5.75 Å². The van der Waals surface area contributed by atoms with Crippen molar-refractivity contribution in [3.63, 3.8) is 0 Å². The fourth-order valence-electron chi connectivity index (χ4n) is 2.78. The fourth-order valence-corrected chi connectivity index (χ4v) is 2.78. The van der Waals surface area contributed by atoms with Crippen LogP contribution >= 0.6 is 0 Å². The highest BCUT2D eigenvalue weighted by atomic mass is 19.1. The first-order chi connectivity index (χ1) is 13.9. The summed E-state index contributed by atoms with van der Waals surface area (Å²) in [6.45, 7) is 0.0890. The Morgan fingerprint density at radius 1 is 1.21 bits per heavy atom. The number of rotatable bonds is 6. The number of carbonyl (C=O) groups is 1. The van der Waals surface area contributed by atoms with Gasteiger partial charge >= 0.3 is 5.69 Å². The molecule has 0 saturated heterocycles. The van der Waals surface area contributed by atoms with Crippen molar-refractivity contribution in [2.75, 3.05) is 12.4 Å². The number of nitrogens with zero attached hydrogens (tertiary/aromatic N) is 2. The number of nitro groups is 1. The fraction of sp³-hybridized carbons (Fsp3) is 0.100. The summed E-state index contributed by atoms with van der Waals surface area (Å²) in [4.78, 5) is 35.7. The highest BCUT2D eigenvalue weighted by molar-refractivity contribution is 6.04. The molecule has 9 heteroatoms. The molecule has 0 unspecified atom stereocenters. The van der Waals surface area contributed by atoms with E-state index in [0.29, 0.717) is 5.56 Å². The third-order valence-corrected chi connectivity index (χ3v) is 4.14. The molecule has 3 rings (SSSR count). The van der Waals surface area contributed by atoms with Crippen molar-refractivity contribution in [1.29, 1.82) is 0 Å². The summed E-state index contributed by atoms with van der Waals surface area (Å²) >= 11 is 0. The van der Waals surface area contributed by atoms with Gasteiger partial charge in [-0.25, -0.2) is 4.39 Å². The van der Waals surface area contributed by atoms with Crippen LogP contribution in [0.15, 0.2) is 65.6 Å². The highest BCUT2D eigenvalue weighted by Gasteiger charge is 2.18. The molecule has 0 spiro atoms. The van der Waals surface area contributed by atoms with E-state index in [1.54, 1.807) is 6.07 Å². The number of nitrogens with one attached hydrogen (secondary N) is 1. The molecule has 8 nitrogen and oxygen atoms in total. The van der Waals surface area contributed by atoms with Gasteiger partial charge in [0.1, 0.15) is 11.4 Å². The van der Waals surface area contributed by atoms with E-state index in [2.05, 4.69) is 5.32 Å². The van der Waals surface area contributed by atoms with E-state index in [-0.39, 0.29) is 29.2 Å². The minimum atomic E-state index is -0.719. The second-order valence-electron chi connectivity index (χ2n) is 6.08. The van der Waals surface area contributed by atoms with Gasteiger partial charge in [-0.2, -0.15) is 0 Å². The van der Waals surface area contributed by atoms with Crippen LogP contribution in [0.25, 0.3) is 0 Å². The van der Waals surface area contributed by atoms with Gasteiger partial charge in [-0.3, -0.25) is 19.7 Å². The Balaban J connectivity index is 1.86. The standard InChI is InChI=1S/C20H16FN3O5/c1-29-18-8-7-15(11-17(18)24(27)28)22-19(25)16-6-3-9-23(20(16)26)12-13-4-2-5-14(21)10-13/h2-11H,12H2,1H3,(H,22,25). The van der Waals surface area contributed by atoms with Crippen molar-refractivity contribution >= 4 is 17.3 Å². The van der Waals surface area contributed by atoms with Gasteiger partial charge in [-0.05, 0) is 42.0 Å². The number of halogens is 1. The molecule has 2 aromatic carbocycles. The number of carbonyl (C=O) groups excluding carboxylic acids is 1. The van der Waals surface area contributed by atoms with Crippen LogP contribution in [0.2, 0.25) is 0 Å². The molecule has 0 atom stereocenters. The van der Waals surface area contributed by atoms with Gasteiger partial charge in [0.2, 0.25) is 0 Å². The Bertz CT molecular complexity index is 1140. The van der Waals surface area contributed by atoms with Crippen LogP contribution in [0.4, 0.5) is 15.8 Å². The normalized spacial score (nSPS) is 10.4. The zero-order valence-corrected chi connectivity index (χ0v) is 15.3. The van der Waals surface area contributed by atoms with Gasteiger partial charge in [0, 0.05) is 18.0 Å². The van der Waals surface area contributed by atoms with E-state index in [0.717, 1.165) is 6.07 Å². The smallest absolute Gasteiger partial charge is 0.312 e. The first-order valence-electron chi connectivity index (χ1n) is 8.46. The lowest BCUT2D eigenvalue weighted by molar-refractivity contribution is -0.385. The molecular weight excluding hydrogens is 381 g/mol. The molecule has 29 heavy (non-hydrogen) atoms. The minimum absolute atomic E-state index is 0.0464. The molecule has 1 heterocycles. The van der Waals surface area contributed by atoms with Gasteiger partial charge < -0.3 is 14.6 Å². The molecule has 0 radical (unpaired) electrons. The third kappa shape index (κ3) is 4.46. The number of nitro benzene ring substituents is 1. The van der Waals surface area contributed by atoms with Gasteiger partial charge in [0.15, 0.2) is 5.75 Å². The van der Waals surface area contributed by atoms with Gasteiger partial charge in [-0.15, -0.1) is 0 Å². The van der Waals surface area contributed by atoms with Crippen LogP contribution in [-0.2, 0) is 6.54 Å². The molecule has 1 aromatic heterocycles. The number of hydrogen-bond acceptors (Lipinski definition) is 5. The molecule has 0 aliphatic carbocycles. The molecule has 0 bridgehead atoms. The lowest BCUT2D eigenvalue weighted by atomic mass is 10.2. The molecule has 0 saturated carbocycles. The second-order valence-corrected chi connectivity index (χ2v) is 6.08. The number of pyridine rings is 1. The average molecular weight is 397 g/mol. The van der Waals surface area contributed by atoms with Crippen LogP contribution in [0.3, 0.4) is 0 Å². The first-order valence-corrected chi connectivity index (χ1v) is 8.46. The Morgan fingerprint density at radius 2 is 2.00 bits per heavy atom. The second kappa shape index (κ2) is 8.34. The van der Waals surface area contributed by atoms with E-state index >= 15 is 0 Å². The van der Waals surface area contributed by atoms with Gasteiger partial charge in [-0.1, -0.05) is 12.1 Å². The van der Waals surface area contributed by atoms with Crippen molar-refractivity contribution in [2.24, 2.45) is 0 Å². The number of anilines is 1. The maximum atomic E-state index is 13.4. The Kier molecular flexibility index (Phi) is 5.68. The lowest BCUT2D eigenvalue weighted by Gasteiger charge is -2.10. The van der Waals surface area contributed by atoms with Crippen LogP contribution < -0.4 is 15.6 Å². The predicted molar refractivity (Wildman–Crippen MR) is 104 cm³/mol. The minimum Gasteiger partial charge on any atom is -0.490 e. The largest absolute Gasteiger partial charge is 0.490 e. The first kappa shape index (κ1) is 19.7. The number of aromatic nitrogens is 1. The average Bonchev–Trinajstić information content (AvgIpc) is 2.69. The van der Waals surface area contributed by atoms with E-state index in [9.17, 15) is 24.1 Å². The number of ether oxygens (including phenoxy) is 1. The monoisotopic (exact) mass is 397 g/mol. The van der Waals surface area contributed by atoms with Crippen LogP contribution in [0.5, 0.6) is 5.75 Å². The topological polar surface area (TPSA) is 103 Å². The van der Waals surface area contributed by atoms with Crippen LogP contribution in [0, 0.1) is 15.9 Å². The van der Waals surface area contributed by atoms with Gasteiger partial charge in [0.25, 0.3) is 11.5 Å². The summed E-state index contributed by atoms with van der Waals surface area (Å²) in [5, 5.41) is 13.6. The molecular formula is C20H16FN3O5. The molecule has 0 fully saturated rings. The van der Waals surface area contributed by atoms with Gasteiger partial charge in [0.05, 0.1) is 18.6 Å². The Hall–Kier alpha value is -4.01. The van der Waals surface area contributed by atoms with E-state index < -0.39 is 22.2 Å².